The molecule has 94 valence electrons. The summed E-state index contributed by atoms with van der Waals surface area (Å²) in [6, 6.07) is 8.98. The van der Waals surface area contributed by atoms with E-state index in [-0.39, 0.29) is 5.97 Å². The second-order valence-electron chi connectivity index (χ2n) is 2.71. The third-order valence-corrected chi connectivity index (χ3v) is 1.25. The first-order valence-corrected chi connectivity index (χ1v) is 4.27. The summed E-state index contributed by atoms with van der Waals surface area (Å²) in [6.45, 7) is 1.38. The monoisotopic (exact) mass is 250 g/mol. The number of esters is 1. The molecular weight excluding hydrogens is 241 g/mol. The van der Waals surface area contributed by atoms with Crippen molar-refractivity contribution < 1.29 is 32.6 Å². The molecule has 7 heteroatoms. The lowest BCUT2D eigenvalue weighted by Crippen LogP contribution is -2.21. The third-order valence-electron chi connectivity index (χ3n) is 1.25. The molecule has 17 heavy (non-hydrogen) atoms. The van der Waals surface area contributed by atoms with Gasteiger partial charge in [0.25, 0.3) is 0 Å². The van der Waals surface area contributed by atoms with Crippen molar-refractivity contribution in [1.82, 2.24) is 0 Å². The Hall–Kier alpha value is -2.05. The average Bonchev–Trinajstić information content (AvgIpc) is 2.17. The highest BCUT2D eigenvalue weighted by molar-refractivity contribution is 5.73. The summed E-state index contributed by atoms with van der Waals surface area (Å²) >= 11 is 0. The molecule has 0 saturated carbocycles. The molecule has 0 aliphatic heterocycles. The topological polar surface area (TPSA) is 63.6 Å². The van der Waals surface area contributed by atoms with Crippen LogP contribution in [0.2, 0.25) is 0 Å². The Morgan fingerprint density at radius 1 is 1.18 bits per heavy atom. The number of aliphatic carboxylic acids is 1. The van der Waals surface area contributed by atoms with E-state index in [0.717, 1.165) is 0 Å². The van der Waals surface area contributed by atoms with Crippen LogP contribution >= 0.6 is 0 Å². The number of carboxylic acids is 1. The van der Waals surface area contributed by atoms with Crippen LogP contribution in [0.25, 0.3) is 0 Å². The van der Waals surface area contributed by atoms with Gasteiger partial charge in [-0.1, -0.05) is 18.2 Å². The maximum atomic E-state index is 10.6. The number of carbonyl (C=O) groups excluding carboxylic acids is 1. The van der Waals surface area contributed by atoms with E-state index >= 15 is 0 Å². The number of hydrogen-bond acceptors (Lipinski definition) is 3. The van der Waals surface area contributed by atoms with Gasteiger partial charge in [0.15, 0.2) is 0 Å². The van der Waals surface area contributed by atoms with Gasteiger partial charge in [-0.2, -0.15) is 13.2 Å². The van der Waals surface area contributed by atoms with Gasteiger partial charge in [-0.3, -0.25) is 4.79 Å². The quantitative estimate of drug-likeness (QED) is 0.613. The van der Waals surface area contributed by atoms with Crippen LogP contribution in [-0.2, 0) is 9.59 Å². The Morgan fingerprint density at radius 2 is 1.59 bits per heavy atom. The van der Waals surface area contributed by atoms with Gasteiger partial charge in [-0.15, -0.1) is 0 Å². The summed E-state index contributed by atoms with van der Waals surface area (Å²) in [5.74, 6) is -2.45. The van der Waals surface area contributed by atoms with E-state index in [4.69, 9.17) is 14.6 Å². The summed E-state index contributed by atoms with van der Waals surface area (Å²) < 4.78 is 36.5. The highest BCUT2D eigenvalue weighted by Gasteiger charge is 2.38. The predicted molar refractivity (Wildman–Crippen MR) is 51.4 cm³/mol. The van der Waals surface area contributed by atoms with Crippen molar-refractivity contribution in [1.29, 1.82) is 0 Å². The van der Waals surface area contributed by atoms with Crippen LogP contribution in [0, 0.1) is 0 Å². The summed E-state index contributed by atoms with van der Waals surface area (Å²) in [5, 5.41) is 7.12. The molecule has 0 atom stereocenters. The minimum absolute atomic E-state index is 0.286. The van der Waals surface area contributed by atoms with Gasteiger partial charge < -0.3 is 9.84 Å². The fourth-order valence-corrected chi connectivity index (χ4v) is 0.655. The van der Waals surface area contributed by atoms with Crippen LogP contribution in [0.4, 0.5) is 13.2 Å². The molecule has 0 spiro atoms. The van der Waals surface area contributed by atoms with Gasteiger partial charge in [-0.05, 0) is 12.1 Å². The molecule has 0 bridgehead atoms. The van der Waals surface area contributed by atoms with Gasteiger partial charge >= 0.3 is 18.1 Å². The molecule has 0 aliphatic carbocycles. The minimum Gasteiger partial charge on any atom is -0.475 e. The molecule has 1 rings (SSSR count). The Balaban J connectivity index is 0.000000325. The second kappa shape index (κ2) is 6.51. The lowest BCUT2D eigenvalue weighted by atomic mass is 10.3. The Kier molecular flexibility index (Phi) is 5.73. The number of benzene rings is 1. The van der Waals surface area contributed by atoms with Crippen LogP contribution in [0.15, 0.2) is 30.3 Å². The van der Waals surface area contributed by atoms with E-state index in [1.807, 2.05) is 18.2 Å². The zero-order valence-corrected chi connectivity index (χ0v) is 8.69. The predicted octanol–water partition coefficient (Wildman–Crippen LogP) is 2.25. The molecule has 0 amide bonds. The number of ether oxygens (including phenoxy) is 1. The molecule has 0 aliphatic rings. The van der Waals surface area contributed by atoms with Gasteiger partial charge in [-0.25, -0.2) is 4.79 Å². The Bertz CT molecular complexity index is 373. The van der Waals surface area contributed by atoms with Crippen molar-refractivity contribution in [3.8, 4) is 5.75 Å². The Labute approximate surface area is 94.6 Å². The minimum atomic E-state index is -5.08. The fraction of sp³-hybridized carbons (Fsp3) is 0.200. The van der Waals surface area contributed by atoms with Crippen molar-refractivity contribution in [3.05, 3.63) is 30.3 Å². The number of para-hydroxylation sites is 1. The Morgan fingerprint density at radius 3 is 1.88 bits per heavy atom. The molecule has 0 fully saturated rings. The standard InChI is InChI=1S/C8H8O2.C2HF3O2/c1-7(9)10-8-5-3-2-4-6-8;3-2(4,5)1(6)7/h2-6H,1H3;(H,6,7). The maximum absolute atomic E-state index is 10.6. The zero-order valence-electron chi connectivity index (χ0n) is 8.69. The van der Waals surface area contributed by atoms with E-state index in [2.05, 4.69) is 0 Å². The van der Waals surface area contributed by atoms with Gasteiger partial charge in [0.1, 0.15) is 5.75 Å². The first kappa shape index (κ1) is 14.9. The number of alkyl halides is 3. The van der Waals surface area contributed by atoms with Gasteiger partial charge in [0, 0.05) is 6.92 Å². The lowest BCUT2D eigenvalue weighted by Gasteiger charge is -1.97. The summed E-state index contributed by atoms with van der Waals surface area (Å²) in [5.41, 5.74) is 0. The van der Waals surface area contributed by atoms with E-state index in [1.54, 1.807) is 12.1 Å². The van der Waals surface area contributed by atoms with Gasteiger partial charge in [0.2, 0.25) is 0 Å². The van der Waals surface area contributed by atoms with Crippen LogP contribution in [-0.4, -0.2) is 23.2 Å². The number of rotatable bonds is 1. The van der Waals surface area contributed by atoms with E-state index in [0.29, 0.717) is 5.75 Å². The van der Waals surface area contributed by atoms with Crippen molar-refractivity contribution in [3.63, 3.8) is 0 Å². The molecule has 1 aromatic carbocycles. The van der Waals surface area contributed by atoms with Crippen molar-refractivity contribution in [2.24, 2.45) is 0 Å². The molecule has 0 heterocycles. The normalized spacial score (nSPS) is 9.88. The zero-order chi connectivity index (χ0) is 13.5. The van der Waals surface area contributed by atoms with Crippen LogP contribution in [0.1, 0.15) is 6.92 Å². The van der Waals surface area contributed by atoms with Crippen molar-refractivity contribution in [2.45, 2.75) is 13.1 Å². The number of carbonyl (C=O) groups is 2. The van der Waals surface area contributed by atoms with Crippen LogP contribution < -0.4 is 4.74 Å². The maximum Gasteiger partial charge on any atom is 0.490 e. The summed E-state index contributed by atoms with van der Waals surface area (Å²) in [7, 11) is 0. The molecule has 0 saturated heterocycles. The van der Waals surface area contributed by atoms with E-state index in [9.17, 15) is 18.0 Å². The average molecular weight is 250 g/mol. The largest absolute Gasteiger partial charge is 0.490 e. The smallest absolute Gasteiger partial charge is 0.475 e. The van der Waals surface area contributed by atoms with Crippen LogP contribution in [0.3, 0.4) is 0 Å². The first-order chi connectivity index (χ1) is 7.73. The molecular formula is C10H9F3O4. The fourth-order valence-electron chi connectivity index (χ4n) is 0.655. The van der Waals surface area contributed by atoms with Gasteiger partial charge in [0.05, 0.1) is 0 Å². The highest BCUT2D eigenvalue weighted by Crippen LogP contribution is 2.13. The van der Waals surface area contributed by atoms with Crippen LogP contribution in [0.5, 0.6) is 5.75 Å². The molecule has 1 aromatic rings. The molecule has 0 aromatic heterocycles. The lowest BCUT2D eigenvalue weighted by molar-refractivity contribution is -0.192. The second-order valence-corrected chi connectivity index (χ2v) is 2.71. The molecule has 0 unspecified atom stereocenters. The first-order valence-electron chi connectivity index (χ1n) is 4.27. The van der Waals surface area contributed by atoms with E-state index in [1.165, 1.54) is 6.92 Å². The highest BCUT2D eigenvalue weighted by atomic mass is 19.4. The SMILES string of the molecule is CC(=O)Oc1ccccc1.O=C(O)C(F)(F)F. The number of carboxylic acid groups (broad SMARTS) is 1. The molecule has 4 nitrogen and oxygen atoms in total. The van der Waals surface area contributed by atoms with Crippen molar-refractivity contribution >= 4 is 11.9 Å². The summed E-state index contributed by atoms with van der Waals surface area (Å²) in [4.78, 5) is 19.3. The van der Waals surface area contributed by atoms with E-state index < -0.39 is 12.1 Å². The van der Waals surface area contributed by atoms with Crippen molar-refractivity contribution in [2.75, 3.05) is 0 Å². The molecule has 0 radical (unpaired) electrons. The summed E-state index contributed by atoms with van der Waals surface area (Å²) in [6.07, 6.45) is -5.08. The number of halogens is 3. The molecule has 1 N–H and O–H groups in total. The number of hydrogen-bond donors (Lipinski definition) is 1. The third kappa shape index (κ3) is 7.83.